The van der Waals surface area contributed by atoms with Crippen molar-refractivity contribution in [2.45, 2.75) is 16.8 Å². The zero-order valence-electron chi connectivity index (χ0n) is 14.2. The van der Waals surface area contributed by atoms with Crippen LogP contribution in [0.4, 0.5) is 0 Å². The molecule has 1 unspecified atom stereocenters. The van der Waals surface area contributed by atoms with Crippen LogP contribution in [0.25, 0.3) is 12.2 Å². The van der Waals surface area contributed by atoms with Gasteiger partial charge in [0, 0.05) is 13.1 Å². The average molecular weight is 363 g/mol. The third-order valence-corrected chi connectivity index (χ3v) is 4.94. The van der Waals surface area contributed by atoms with Gasteiger partial charge in [-0.3, -0.25) is 4.79 Å². The zero-order valence-corrected chi connectivity index (χ0v) is 15.0. The number of rotatable bonds is 5. The Labute approximate surface area is 154 Å². The summed E-state index contributed by atoms with van der Waals surface area (Å²) in [7, 11) is -1.35. The number of aromatic nitrogens is 1. The van der Waals surface area contributed by atoms with Crippen LogP contribution in [0.2, 0.25) is 0 Å². The van der Waals surface area contributed by atoms with Gasteiger partial charge in [0.1, 0.15) is 21.6 Å². The van der Waals surface area contributed by atoms with E-state index in [9.17, 15) is 9.00 Å². The molecule has 0 spiro atoms. The lowest BCUT2D eigenvalue weighted by atomic mass is 10.1. The summed E-state index contributed by atoms with van der Waals surface area (Å²) in [6, 6.07) is 20.1. The summed E-state index contributed by atoms with van der Waals surface area (Å²) in [4.78, 5) is 15.8. The topological polar surface area (TPSA) is 56.3 Å². The van der Waals surface area contributed by atoms with Gasteiger partial charge >= 0.3 is 5.97 Å². The van der Waals surface area contributed by atoms with Gasteiger partial charge in [-0.05, 0) is 41.5 Å². The molecule has 0 aliphatic carbocycles. The molecule has 3 rings (SSSR count). The molecule has 0 saturated heterocycles. The third kappa shape index (κ3) is 4.52. The van der Waals surface area contributed by atoms with Crippen LogP contribution in [0.5, 0.6) is 5.75 Å². The Kier molecular flexibility index (Phi) is 5.71. The molecule has 1 atom stereocenters. The standard InChI is InChI=1S/C21H17NO3S/c1-16(23)25-19-13-10-17(11-14-19)9-12-18-6-2-3-7-20(18)26(24)21-8-4-5-15-22-21/h2-15H,1H3/b12-9+. The van der Waals surface area contributed by atoms with Gasteiger partial charge in [-0.1, -0.05) is 48.6 Å². The van der Waals surface area contributed by atoms with Crippen molar-refractivity contribution in [3.63, 3.8) is 0 Å². The van der Waals surface area contributed by atoms with E-state index in [1.165, 1.54) is 6.92 Å². The molecule has 5 heteroatoms. The third-order valence-electron chi connectivity index (χ3n) is 3.54. The Morgan fingerprint density at radius 1 is 0.962 bits per heavy atom. The summed E-state index contributed by atoms with van der Waals surface area (Å²) in [6.45, 7) is 1.37. The second kappa shape index (κ2) is 8.36. The van der Waals surface area contributed by atoms with E-state index in [2.05, 4.69) is 4.98 Å². The van der Waals surface area contributed by atoms with Crippen LogP contribution in [0.3, 0.4) is 0 Å². The number of carbonyl (C=O) groups is 1. The van der Waals surface area contributed by atoms with Gasteiger partial charge in [-0.15, -0.1) is 0 Å². The first-order valence-electron chi connectivity index (χ1n) is 8.02. The fourth-order valence-corrected chi connectivity index (χ4v) is 3.49. The van der Waals surface area contributed by atoms with Crippen LogP contribution >= 0.6 is 0 Å². The fraction of sp³-hybridized carbons (Fsp3) is 0.0476. The molecule has 26 heavy (non-hydrogen) atoms. The van der Waals surface area contributed by atoms with Crippen molar-refractivity contribution >= 4 is 28.9 Å². The first-order chi connectivity index (χ1) is 12.6. The normalized spacial score (nSPS) is 12.0. The van der Waals surface area contributed by atoms with Crippen molar-refractivity contribution in [1.29, 1.82) is 0 Å². The first kappa shape index (κ1) is 17.8. The van der Waals surface area contributed by atoms with Crippen LogP contribution in [0.15, 0.2) is 82.8 Å². The smallest absolute Gasteiger partial charge is 0.308 e. The summed E-state index contributed by atoms with van der Waals surface area (Å²) in [5.41, 5.74) is 1.81. The van der Waals surface area contributed by atoms with E-state index in [1.54, 1.807) is 30.5 Å². The molecule has 0 fully saturated rings. The Balaban J connectivity index is 1.83. The summed E-state index contributed by atoms with van der Waals surface area (Å²) in [5.74, 6) is 0.158. The second-order valence-electron chi connectivity index (χ2n) is 5.47. The number of hydrogen-bond acceptors (Lipinski definition) is 4. The highest BCUT2D eigenvalue weighted by molar-refractivity contribution is 7.85. The first-order valence-corrected chi connectivity index (χ1v) is 9.17. The van der Waals surface area contributed by atoms with Gasteiger partial charge in [0.25, 0.3) is 0 Å². The SMILES string of the molecule is CC(=O)Oc1ccc(/C=C/c2ccccc2S(=O)c2ccccn2)cc1. The molecular formula is C21H17NO3S. The number of benzene rings is 2. The van der Waals surface area contributed by atoms with E-state index in [1.807, 2.05) is 54.6 Å². The number of pyridine rings is 1. The Bertz CT molecular complexity index is 951. The maximum Gasteiger partial charge on any atom is 0.308 e. The summed E-state index contributed by atoms with van der Waals surface area (Å²) >= 11 is 0. The van der Waals surface area contributed by atoms with Crippen molar-refractivity contribution in [1.82, 2.24) is 4.98 Å². The maximum atomic E-state index is 12.8. The lowest BCUT2D eigenvalue weighted by molar-refractivity contribution is -0.131. The van der Waals surface area contributed by atoms with E-state index in [0.29, 0.717) is 15.7 Å². The molecule has 0 radical (unpaired) electrons. The van der Waals surface area contributed by atoms with Gasteiger partial charge < -0.3 is 4.74 Å². The predicted octanol–water partition coefficient (Wildman–Crippen LogP) is 4.34. The molecule has 130 valence electrons. The fourth-order valence-electron chi connectivity index (χ4n) is 2.36. The van der Waals surface area contributed by atoms with Gasteiger partial charge in [0.15, 0.2) is 0 Å². The van der Waals surface area contributed by atoms with E-state index < -0.39 is 10.8 Å². The minimum absolute atomic E-state index is 0.348. The monoisotopic (exact) mass is 363 g/mol. The van der Waals surface area contributed by atoms with Crippen molar-refractivity contribution < 1.29 is 13.7 Å². The minimum atomic E-state index is -1.35. The van der Waals surface area contributed by atoms with Gasteiger partial charge in [-0.25, -0.2) is 9.19 Å². The van der Waals surface area contributed by atoms with E-state index >= 15 is 0 Å². The van der Waals surface area contributed by atoms with E-state index in [-0.39, 0.29) is 5.97 Å². The molecule has 2 aromatic carbocycles. The predicted molar refractivity (Wildman–Crippen MR) is 102 cm³/mol. The Hall–Kier alpha value is -3.05. The van der Waals surface area contributed by atoms with Crippen LogP contribution in [0.1, 0.15) is 18.1 Å². The number of esters is 1. The molecule has 4 nitrogen and oxygen atoms in total. The summed E-state index contributed by atoms with van der Waals surface area (Å²) < 4.78 is 17.8. The molecule has 1 aromatic heterocycles. The van der Waals surface area contributed by atoms with Crippen LogP contribution in [-0.4, -0.2) is 15.2 Å². The van der Waals surface area contributed by atoms with Crippen molar-refractivity contribution in [3.8, 4) is 5.75 Å². The van der Waals surface area contributed by atoms with Crippen LogP contribution in [-0.2, 0) is 15.6 Å². The van der Waals surface area contributed by atoms with Gasteiger partial charge in [0.05, 0.1) is 4.90 Å². The highest BCUT2D eigenvalue weighted by Gasteiger charge is 2.11. The molecule has 0 amide bonds. The molecule has 0 saturated carbocycles. The zero-order chi connectivity index (χ0) is 18.4. The average Bonchev–Trinajstić information content (AvgIpc) is 2.67. The Morgan fingerprint density at radius 3 is 2.38 bits per heavy atom. The van der Waals surface area contributed by atoms with Crippen molar-refractivity contribution in [3.05, 3.63) is 84.1 Å². The van der Waals surface area contributed by atoms with E-state index in [4.69, 9.17) is 4.74 Å². The molecule has 0 N–H and O–H groups in total. The van der Waals surface area contributed by atoms with E-state index in [0.717, 1.165) is 11.1 Å². The molecule has 0 bridgehead atoms. The highest BCUT2D eigenvalue weighted by atomic mass is 32.2. The van der Waals surface area contributed by atoms with Crippen LogP contribution < -0.4 is 4.74 Å². The number of hydrogen-bond donors (Lipinski definition) is 0. The number of nitrogens with zero attached hydrogens (tertiary/aromatic N) is 1. The lowest BCUT2D eigenvalue weighted by Gasteiger charge is -2.05. The van der Waals surface area contributed by atoms with Gasteiger partial charge in [0.2, 0.25) is 0 Å². The van der Waals surface area contributed by atoms with Crippen LogP contribution in [0, 0.1) is 0 Å². The van der Waals surface area contributed by atoms with Crippen molar-refractivity contribution in [2.24, 2.45) is 0 Å². The lowest BCUT2D eigenvalue weighted by Crippen LogP contribution is -2.00. The summed E-state index contributed by atoms with van der Waals surface area (Å²) in [5, 5.41) is 0.527. The molecular weight excluding hydrogens is 346 g/mol. The molecule has 0 aliphatic rings. The molecule has 0 aliphatic heterocycles. The largest absolute Gasteiger partial charge is 0.427 e. The highest BCUT2D eigenvalue weighted by Crippen LogP contribution is 2.21. The Morgan fingerprint density at radius 2 is 1.69 bits per heavy atom. The number of ether oxygens (including phenoxy) is 1. The minimum Gasteiger partial charge on any atom is -0.427 e. The van der Waals surface area contributed by atoms with Crippen molar-refractivity contribution in [2.75, 3.05) is 0 Å². The maximum absolute atomic E-state index is 12.8. The summed E-state index contributed by atoms with van der Waals surface area (Å²) in [6.07, 6.45) is 5.47. The quantitative estimate of drug-likeness (QED) is 0.384. The molecule has 1 heterocycles. The molecule has 3 aromatic rings. The van der Waals surface area contributed by atoms with Gasteiger partial charge in [-0.2, -0.15) is 0 Å². The number of carbonyl (C=O) groups excluding carboxylic acids is 1. The second-order valence-corrected chi connectivity index (χ2v) is 6.87.